The summed E-state index contributed by atoms with van der Waals surface area (Å²) < 4.78 is 0. The van der Waals surface area contributed by atoms with Gasteiger partial charge in [-0.3, -0.25) is 4.99 Å². The molecule has 0 radical (unpaired) electrons. The Morgan fingerprint density at radius 1 is 0.800 bits per heavy atom. The van der Waals surface area contributed by atoms with Crippen molar-refractivity contribution in [3.05, 3.63) is 83.9 Å². The molecule has 0 aliphatic heterocycles. The van der Waals surface area contributed by atoms with E-state index in [2.05, 4.69) is 61.5 Å². The number of fused-ring (bicyclic) bond motifs is 1. The van der Waals surface area contributed by atoms with Crippen LogP contribution in [-0.2, 0) is 6.54 Å². The highest BCUT2D eigenvalue weighted by Crippen LogP contribution is 2.19. The van der Waals surface area contributed by atoms with E-state index in [0.717, 1.165) is 12.3 Å². The fourth-order valence-corrected chi connectivity index (χ4v) is 2.40. The zero-order valence-electron chi connectivity index (χ0n) is 11.6. The van der Waals surface area contributed by atoms with Gasteiger partial charge < -0.3 is 0 Å². The quantitative estimate of drug-likeness (QED) is 0.596. The lowest BCUT2D eigenvalue weighted by atomic mass is 10.0. The molecule has 0 aliphatic rings. The van der Waals surface area contributed by atoms with Gasteiger partial charge in [0.15, 0.2) is 0 Å². The fourth-order valence-electron chi connectivity index (χ4n) is 2.40. The molecule has 1 nitrogen and oxygen atoms in total. The van der Waals surface area contributed by atoms with E-state index in [9.17, 15) is 0 Å². The Labute approximate surface area is 119 Å². The Hall–Kier alpha value is -2.41. The van der Waals surface area contributed by atoms with Gasteiger partial charge in [0.2, 0.25) is 0 Å². The first-order chi connectivity index (χ1) is 9.84. The summed E-state index contributed by atoms with van der Waals surface area (Å²) in [4.78, 5) is 4.73. The molecular formula is C19H17N. The molecule has 0 fully saturated rings. The van der Waals surface area contributed by atoms with Gasteiger partial charge in [-0.25, -0.2) is 0 Å². The summed E-state index contributed by atoms with van der Waals surface area (Å²) >= 11 is 0. The number of nitrogens with zero attached hydrogens (tertiary/aromatic N) is 1. The number of aliphatic imine (C=N–C) groups is 1. The second-order valence-corrected chi connectivity index (χ2v) is 4.91. The van der Waals surface area contributed by atoms with Crippen molar-refractivity contribution in [1.29, 1.82) is 0 Å². The molecule has 0 N–H and O–H groups in total. The summed E-state index contributed by atoms with van der Waals surface area (Å²) in [5, 5.41) is 2.57. The van der Waals surface area contributed by atoms with Gasteiger partial charge in [0.25, 0.3) is 0 Å². The van der Waals surface area contributed by atoms with Gasteiger partial charge >= 0.3 is 0 Å². The van der Waals surface area contributed by atoms with Crippen LogP contribution in [0.5, 0.6) is 0 Å². The standard InChI is InChI=1S/C19H17N/c1-15(16-8-3-2-4-9-16)20-14-18-12-7-11-17-10-5-6-13-19(17)18/h2-13H,14H2,1H3/b20-15+. The molecule has 0 heterocycles. The van der Waals surface area contributed by atoms with E-state index in [1.807, 2.05) is 18.2 Å². The van der Waals surface area contributed by atoms with Crippen LogP contribution < -0.4 is 0 Å². The maximum Gasteiger partial charge on any atom is 0.0649 e. The summed E-state index contributed by atoms with van der Waals surface area (Å²) in [6.07, 6.45) is 0. The minimum atomic E-state index is 0.724. The van der Waals surface area contributed by atoms with Crippen molar-refractivity contribution in [1.82, 2.24) is 0 Å². The van der Waals surface area contributed by atoms with E-state index in [1.54, 1.807) is 0 Å². The molecule has 0 amide bonds. The molecule has 3 aromatic rings. The van der Waals surface area contributed by atoms with Crippen molar-refractivity contribution in [3.8, 4) is 0 Å². The molecule has 3 rings (SSSR count). The van der Waals surface area contributed by atoms with Crippen LogP contribution in [0.15, 0.2) is 77.8 Å². The highest BCUT2D eigenvalue weighted by atomic mass is 14.7. The highest BCUT2D eigenvalue weighted by Gasteiger charge is 2.00. The maximum absolute atomic E-state index is 4.73. The predicted molar refractivity (Wildman–Crippen MR) is 86.3 cm³/mol. The van der Waals surface area contributed by atoms with E-state index >= 15 is 0 Å². The Morgan fingerprint density at radius 3 is 2.35 bits per heavy atom. The van der Waals surface area contributed by atoms with E-state index in [-0.39, 0.29) is 0 Å². The van der Waals surface area contributed by atoms with Crippen molar-refractivity contribution >= 4 is 16.5 Å². The maximum atomic E-state index is 4.73. The van der Waals surface area contributed by atoms with E-state index in [0.29, 0.717) is 0 Å². The zero-order valence-corrected chi connectivity index (χ0v) is 11.6. The Morgan fingerprint density at radius 2 is 1.50 bits per heavy atom. The summed E-state index contributed by atoms with van der Waals surface area (Å²) in [7, 11) is 0. The summed E-state index contributed by atoms with van der Waals surface area (Å²) in [6.45, 7) is 2.79. The first kappa shape index (κ1) is 12.6. The largest absolute Gasteiger partial charge is 0.285 e. The van der Waals surface area contributed by atoms with Gasteiger partial charge in [0, 0.05) is 5.71 Å². The van der Waals surface area contributed by atoms with E-state index in [1.165, 1.54) is 21.9 Å². The van der Waals surface area contributed by atoms with Gasteiger partial charge in [-0.2, -0.15) is 0 Å². The van der Waals surface area contributed by atoms with Crippen molar-refractivity contribution in [2.45, 2.75) is 13.5 Å². The van der Waals surface area contributed by atoms with Crippen LogP contribution in [0.2, 0.25) is 0 Å². The normalized spacial score (nSPS) is 11.8. The van der Waals surface area contributed by atoms with Crippen LogP contribution in [0, 0.1) is 0 Å². The molecular weight excluding hydrogens is 242 g/mol. The molecule has 3 aromatic carbocycles. The highest BCUT2D eigenvalue weighted by molar-refractivity contribution is 5.98. The second-order valence-electron chi connectivity index (χ2n) is 4.91. The fraction of sp³-hybridized carbons (Fsp3) is 0.105. The van der Waals surface area contributed by atoms with Crippen LogP contribution >= 0.6 is 0 Å². The number of hydrogen-bond acceptors (Lipinski definition) is 1. The Bertz CT molecular complexity index is 737. The third kappa shape index (κ3) is 2.62. The number of rotatable bonds is 3. The average Bonchev–Trinajstić information content (AvgIpc) is 2.53. The SMILES string of the molecule is C/C(=N\Cc1cccc2ccccc12)c1ccccc1. The minimum Gasteiger partial charge on any atom is -0.285 e. The summed E-state index contributed by atoms with van der Waals surface area (Å²) in [5.41, 5.74) is 3.55. The molecule has 0 unspecified atom stereocenters. The van der Waals surface area contributed by atoms with Gasteiger partial charge in [0.05, 0.1) is 6.54 Å². The molecule has 20 heavy (non-hydrogen) atoms. The molecule has 98 valence electrons. The van der Waals surface area contributed by atoms with Gasteiger partial charge in [-0.15, -0.1) is 0 Å². The molecule has 0 saturated carbocycles. The topological polar surface area (TPSA) is 12.4 Å². The van der Waals surface area contributed by atoms with Crippen molar-refractivity contribution < 1.29 is 0 Å². The predicted octanol–water partition coefficient (Wildman–Crippen LogP) is 4.85. The first-order valence-electron chi connectivity index (χ1n) is 6.88. The van der Waals surface area contributed by atoms with Crippen LogP contribution in [-0.4, -0.2) is 5.71 Å². The summed E-state index contributed by atoms with van der Waals surface area (Å²) in [5.74, 6) is 0. The lowest BCUT2D eigenvalue weighted by Crippen LogP contribution is -1.95. The van der Waals surface area contributed by atoms with Gasteiger partial charge in [-0.1, -0.05) is 72.8 Å². The molecule has 0 aliphatic carbocycles. The smallest absolute Gasteiger partial charge is 0.0649 e. The zero-order chi connectivity index (χ0) is 13.8. The Kier molecular flexibility index (Phi) is 3.60. The molecule has 1 heteroatoms. The van der Waals surface area contributed by atoms with Crippen LogP contribution in [0.25, 0.3) is 10.8 Å². The minimum absolute atomic E-state index is 0.724. The third-order valence-electron chi connectivity index (χ3n) is 3.56. The lowest BCUT2D eigenvalue weighted by molar-refractivity contribution is 1.08. The molecule has 0 bridgehead atoms. The molecule has 0 saturated heterocycles. The number of benzene rings is 3. The molecule has 0 spiro atoms. The van der Waals surface area contributed by atoms with E-state index < -0.39 is 0 Å². The van der Waals surface area contributed by atoms with Crippen molar-refractivity contribution in [3.63, 3.8) is 0 Å². The van der Waals surface area contributed by atoms with E-state index in [4.69, 9.17) is 4.99 Å². The molecule has 0 aromatic heterocycles. The summed E-state index contributed by atoms with van der Waals surface area (Å²) in [6, 6.07) is 25.2. The van der Waals surface area contributed by atoms with Gasteiger partial charge in [0.1, 0.15) is 0 Å². The van der Waals surface area contributed by atoms with Crippen molar-refractivity contribution in [2.24, 2.45) is 4.99 Å². The lowest BCUT2D eigenvalue weighted by Gasteiger charge is -2.05. The van der Waals surface area contributed by atoms with Crippen molar-refractivity contribution in [2.75, 3.05) is 0 Å². The van der Waals surface area contributed by atoms with Crippen LogP contribution in [0.4, 0.5) is 0 Å². The van der Waals surface area contributed by atoms with Crippen LogP contribution in [0.3, 0.4) is 0 Å². The Balaban J connectivity index is 1.91. The third-order valence-corrected chi connectivity index (χ3v) is 3.56. The second kappa shape index (κ2) is 5.70. The van der Waals surface area contributed by atoms with Gasteiger partial charge in [-0.05, 0) is 28.8 Å². The first-order valence-corrected chi connectivity index (χ1v) is 6.88. The average molecular weight is 259 g/mol. The molecule has 0 atom stereocenters. The van der Waals surface area contributed by atoms with Crippen LogP contribution in [0.1, 0.15) is 18.1 Å². The monoisotopic (exact) mass is 259 g/mol. The number of hydrogen-bond donors (Lipinski definition) is 0.